The zero-order valence-electron chi connectivity index (χ0n) is 12.8. The first-order valence-electron chi connectivity index (χ1n) is 7.62. The van der Waals surface area contributed by atoms with Crippen LogP contribution in [0.2, 0.25) is 0 Å². The van der Waals surface area contributed by atoms with Crippen molar-refractivity contribution in [3.05, 3.63) is 69.3 Å². The fourth-order valence-electron chi connectivity index (χ4n) is 2.86. The lowest BCUT2D eigenvalue weighted by atomic mass is 10.0. The van der Waals surface area contributed by atoms with Crippen LogP contribution in [0.15, 0.2) is 42.5 Å². The van der Waals surface area contributed by atoms with Gasteiger partial charge in [0, 0.05) is 17.7 Å². The minimum absolute atomic E-state index is 0.00467. The molecule has 5 nitrogen and oxygen atoms in total. The number of carbonyl (C=O) groups is 1. The van der Waals surface area contributed by atoms with E-state index in [2.05, 4.69) is 0 Å². The molecule has 0 aliphatic heterocycles. The molecule has 23 heavy (non-hydrogen) atoms. The van der Waals surface area contributed by atoms with Gasteiger partial charge < -0.3 is 4.74 Å². The topological polar surface area (TPSA) is 69.4 Å². The van der Waals surface area contributed by atoms with Gasteiger partial charge in [-0.15, -0.1) is 0 Å². The molecule has 0 saturated heterocycles. The van der Waals surface area contributed by atoms with Crippen LogP contribution >= 0.6 is 0 Å². The summed E-state index contributed by atoms with van der Waals surface area (Å²) in [5, 5.41) is 10.6. The first-order valence-corrected chi connectivity index (χ1v) is 7.62. The summed E-state index contributed by atoms with van der Waals surface area (Å²) in [6.45, 7) is 1.69. The fraction of sp³-hybridized carbons (Fsp3) is 0.278. The Labute approximate surface area is 134 Å². The van der Waals surface area contributed by atoms with Gasteiger partial charge in [-0.1, -0.05) is 12.1 Å². The van der Waals surface area contributed by atoms with Crippen molar-refractivity contribution in [2.45, 2.75) is 32.3 Å². The van der Waals surface area contributed by atoms with Gasteiger partial charge >= 0.3 is 0 Å². The van der Waals surface area contributed by atoms with E-state index in [-0.39, 0.29) is 11.5 Å². The molecule has 0 fully saturated rings. The first kappa shape index (κ1) is 15.2. The quantitative estimate of drug-likeness (QED) is 0.479. The second kappa shape index (κ2) is 6.20. The smallest absolute Gasteiger partial charge is 0.269 e. The highest BCUT2D eigenvalue weighted by molar-refractivity contribution is 5.99. The van der Waals surface area contributed by atoms with E-state index in [1.165, 1.54) is 35.4 Å². The van der Waals surface area contributed by atoms with E-state index < -0.39 is 11.0 Å². The lowest BCUT2D eigenvalue weighted by molar-refractivity contribution is -0.384. The first-order chi connectivity index (χ1) is 11.0. The van der Waals surface area contributed by atoms with E-state index in [0.717, 1.165) is 19.3 Å². The molecule has 0 unspecified atom stereocenters. The molecule has 0 heterocycles. The summed E-state index contributed by atoms with van der Waals surface area (Å²) < 4.78 is 5.61. The van der Waals surface area contributed by atoms with Gasteiger partial charge in [0.1, 0.15) is 5.75 Å². The van der Waals surface area contributed by atoms with Gasteiger partial charge in [-0.2, -0.15) is 0 Å². The van der Waals surface area contributed by atoms with Crippen LogP contribution in [0.4, 0.5) is 5.69 Å². The number of carbonyl (C=O) groups excluding carboxylic acids is 1. The summed E-state index contributed by atoms with van der Waals surface area (Å²) in [6, 6.07) is 11.6. The zero-order valence-corrected chi connectivity index (χ0v) is 12.8. The molecule has 118 valence electrons. The molecular weight excluding hydrogens is 294 g/mol. The van der Waals surface area contributed by atoms with Crippen LogP contribution < -0.4 is 4.74 Å². The third-order valence-corrected chi connectivity index (χ3v) is 4.11. The molecule has 2 aromatic carbocycles. The third-order valence-electron chi connectivity index (χ3n) is 4.11. The maximum absolute atomic E-state index is 12.5. The molecule has 1 aliphatic carbocycles. The number of hydrogen-bond donors (Lipinski definition) is 0. The summed E-state index contributed by atoms with van der Waals surface area (Å²) in [7, 11) is 0. The predicted molar refractivity (Wildman–Crippen MR) is 86.0 cm³/mol. The summed E-state index contributed by atoms with van der Waals surface area (Å²) in [5.41, 5.74) is 3.22. The van der Waals surface area contributed by atoms with Gasteiger partial charge in [0.2, 0.25) is 5.78 Å². The molecule has 0 saturated carbocycles. The number of nitro groups is 1. The Morgan fingerprint density at radius 2 is 1.83 bits per heavy atom. The Morgan fingerprint density at radius 3 is 2.52 bits per heavy atom. The molecule has 3 rings (SSSR count). The van der Waals surface area contributed by atoms with Gasteiger partial charge in [-0.25, -0.2) is 0 Å². The Morgan fingerprint density at radius 1 is 1.13 bits per heavy atom. The van der Waals surface area contributed by atoms with Crippen molar-refractivity contribution in [1.82, 2.24) is 0 Å². The maximum Gasteiger partial charge on any atom is 0.269 e. The van der Waals surface area contributed by atoms with Crippen LogP contribution in [0, 0.1) is 10.1 Å². The number of nitro benzene ring substituents is 1. The lowest BCUT2D eigenvalue weighted by Crippen LogP contribution is -2.24. The van der Waals surface area contributed by atoms with E-state index in [4.69, 9.17) is 4.74 Å². The van der Waals surface area contributed by atoms with Crippen LogP contribution in [0.25, 0.3) is 0 Å². The van der Waals surface area contributed by atoms with E-state index in [9.17, 15) is 14.9 Å². The molecule has 5 heteroatoms. The third kappa shape index (κ3) is 3.23. The van der Waals surface area contributed by atoms with E-state index in [1.54, 1.807) is 6.92 Å². The standard InChI is InChI=1S/C18H17NO4/c1-12(23-17-9-7-16(8-10-17)19(21)22)18(20)15-6-5-13-3-2-4-14(13)11-15/h5-12H,2-4H2,1H3/t12-/m1/s1. The highest BCUT2D eigenvalue weighted by Gasteiger charge is 2.20. The zero-order chi connectivity index (χ0) is 16.4. The summed E-state index contributed by atoms with van der Waals surface area (Å²) in [5.74, 6) is 0.357. The Kier molecular flexibility index (Phi) is 4.10. The van der Waals surface area contributed by atoms with Crippen molar-refractivity contribution in [2.75, 3.05) is 0 Å². The van der Waals surface area contributed by atoms with Gasteiger partial charge in [0.15, 0.2) is 6.10 Å². The number of rotatable bonds is 5. The van der Waals surface area contributed by atoms with Crippen LogP contribution in [-0.2, 0) is 12.8 Å². The molecule has 2 aromatic rings. The number of benzene rings is 2. The minimum Gasteiger partial charge on any atom is -0.483 e. The molecular formula is C18H17NO4. The normalized spacial score (nSPS) is 14.1. The molecule has 0 spiro atoms. The Balaban J connectivity index is 1.71. The number of ketones is 1. The van der Waals surface area contributed by atoms with Crippen LogP contribution in [-0.4, -0.2) is 16.8 Å². The summed E-state index contributed by atoms with van der Waals surface area (Å²) >= 11 is 0. The second-order valence-corrected chi connectivity index (χ2v) is 5.71. The molecule has 1 atom stereocenters. The summed E-state index contributed by atoms with van der Waals surface area (Å²) in [6.07, 6.45) is 2.60. The highest BCUT2D eigenvalue weighted by Crippen LogP contribution is 2.24. The second-order valence-electron chi connectivity index (χ2n) is 5.71. The number of Topliss-reactive ketones (excluding diaryl/α,β-unsaturated/α-hetero) is 1. The molecule has 0 amide bonds. The van der Waals surface area contributed by atoms with Crippen molar-refractivity contribution in [3.63, 3.8) is 0 Å². The van der Waals surface area contributed by atoms with Crippen molar-refractivity contribution in [2.24, 2.45) is 0 Å². The molecule has 1 aliphatic rings. The van der Waals surface area contributed by atoms with Crippen LogP contribution in [0.1, 0.15) is 34.8 Å². The predicted octanol–water partition coefficient (Wildman–Crippen LogP) is 3.73. The number of non-ortho nitro benzene ring substituents is 1. The number of nitrogens with zero attached hydrogens (tertiary/aromatic N) is 1. The number of ether oxygens (including phenoxy) is 1. The van der Waals surface area contributed by atoms with E-state index >= 15 is 0 Å². The van der Waals surface area contributed by atoms with Gasteiger partial charge in [0.05, 0.1) is 4.92 Å². The monoisotopic (exact) mass is 311 g/mol. The SMILES string of the molecule is C[C@@H](Oc1ccc([N+](=O)[O-])cc1)C(=O)c1ccc2c(c1)CCC2. The van der Waals surface area contributed by atoms with Gasteiger partial charge in [0.25, 0.3) is 5.69 Å². The van der Waals surface area contributed by atoms with Gasteiger partial charge in [-0.05, 0) is 55.5 Å². The summed E-state index contributed by atoms with van der Waals surface area (Å²) in [4.78, 5) is 22.7. The van der Waals surface area contributed by atoms with E-state index in [1.807, 2.05) is 18.2 Å². The molecule has 0 radical (unpaired) electrons. The van der Waals surface area contributed by atoms with Crippen molar-refractivity contribution >= 4 is 11.5 Å². The number of aryl methyl sites for hydroxylation is 2. The Hall–Kier alpha value is -2.69. The van der Waals surface area contributed by atoms with Crippen LogP contribution in [0.5, 0.6) is 5.75 Å². The van der Waals surface area contributed by atoms with Crippen molar-refractivity contribution in [1.29, 1.82) is 0 Å². The highest BCUT2D eigenvalue weighted by atomic mass is 16.6. The average molecular weight is 311 g/mol. The van der Waals surface area contributed by atoms with Gasteiger partial charge in [-0.3, -0.25) is 14.9 Å². The molecule has 0 N–H and O–H groups in total. The Bertz CT molecular complexity index is 752. The number of hydrogen-bond acceptors (Lipinski definition) is 4. The fourth-order valence-corrected chi connectivity index (χ4v) is 2.86. The minimum atomic E-state index is -0.643. The largest absolute Gasteiger partial charge is 0.483 e. The van der Waals surface area contributed by atoms with Crippen molar-refractivity contribution < 1.29 is 14.5 Å². The van der Waals surface area contributed by atoms with E-state index in [0.29, 0.717) is 11.3 Å². The number of fused-ring (bicyclic) bond motifs is 1. The van der Waals surface area contributed by atoms with Crippen molar-refractivity contribution in [3.8, 4) is 5.75 Å². The van der Waals surface area contributed by atoms with Crippen LogP contribution in [0.3, 0.4) is 0 Å². The molecule has 0 aromatic heterocycles. The maximum atomic E-state index is 12.5. The molecule has 0 bridgehead atoms. The lowest BCUT2D eigenvalue weighted by Gasteiger charge is -2.14. The average Bonchev–Trinajstić information content (AvgIpc) is 3.02.